The van der Waals surface area contributed by atoms with Crippen LogP contribution in [0.3, 0.4) is 0 Å². The van der Waals surface area contributed by atoms with E-state index in [1.165, 1.54) is 19.2 Å². The van der Waals surface area contributed by atoms with Crippen molar-refractivity contribution in [3.05, 3.63) is 58.6 Å². The first-order chi connectivity index (χ1) is 10.0. The largest absolute Gasteiger partial charge is 0.507 e. The Balaban J connectivity index is 2.20. The summed E-state index contributed by atoms with van der Waals surface area (Å²) < 4.78 is 5.06. The number of amides is 1. The highest BCUT2D eigenvalue weighted by Crippen LogP contribution is 2.25. The molecule has 1 atom stereocenters. The number of rotatable bonds is 4. The van der Waals surface area contributed by atoms with Crippen LogP contribution in [0.25, 0.3) is 0 Å². The van der Waals surface area contributed by atoms with Crippen molar-refractivity contribution in [3.63, 3.8) is 0 Å². The number of benzene rings is 2. The lowest BCUT2D eigenvalue weighted by atomic mass is 10.1. The third-order valence-corrected chi connectivity index (χ3v) is 3.51. The van der Waals surface area contributed by atoms with Crippen LogP contribution in [-0.2, 0) is 0 Å². The van der Waals surface area contributed by atoms with Crippen molar-refractivity contribution in [2.24, 2.45) is 0 Å². The number of hydrogen-bond donors (Lipinski definition) is 2. The van der Waals surface area contributed by atoms with Crippen molar-refractivity contribution in [2.75, 3.05) is 7.11 Å². The average molecular weight is 306 g/mol. The first-order valence-corrected chi connectivity index (χ1v) is 6.83. The second-order valence-corrected chi connectivity index (χ2v) is 5.01. The highest BCUT2D eigenvalue weighted by atomic mass is 35.5. The van der Waals surface area contributed by atoms with Gasteiger partial charge in [-0.3, -0.25) is 4.79 Å². The van der Waals surface area contributed by atoms with E-state index in [0.717, 1.165) is 5.56 Å². The number of hydrogen-bond acceptors (Lipinski definition) is 3. The summed E-state index contributed by atoms with van der Waals surface area (Å²) in [5.41, 5.74) is 0.975. The van der Waals surface area contributed by atoms with E-state index in [1.807, 2.05) is 25.1 Å². The summed E-state index contributed by atoms with van der Waals surface area (Å²) in [6.45, 7) is 1.83. The first-order valence-electron chi connectivity index (χ1n) is 6.45. The highest BCUT2D eigenvalue weighted by Gasteiger charge is 2.17. The molecule has 0 aliphatic rings. The minimum atomic E-state index is -0.390. The number of nitrogens with one attached hydrogen (secondary N) is 1. The van der Waals surface area contributed by atoms with Crippen molar-refractivity contribution < 1.29 is 14.6 Å². The molecule has 2 aromatic carbocycles. The normalized spacial score (nSPS) is 11.8. The average Bonchev–Trinajstić information content (AvgIpc) is 2.48. The van der Waals surface area contributed by atoms with Crippen LogP contribution < -0.4 is 10.1 Å². The van der Waals surface area contributed by atoms with Crippen LogP contribution in [0.2, 0.25) is 5.02 Å². The molecule has 1 amide bonds. The Morgan fingerprint density at radius 1 is 1.29 bits per heavy atom. The number of halogens is 1. The van der Waals surface area contributed by atoms with Gasteiger partial charge in [-0.1, -0.05) is 29.8 Å². The molecule has 0 fully saturated rings. The number of methoxy groups -OCH3 is 1. The summed E-state index contributed by atoms with van der Waals surface area (Å²) in [7, 11) is 1.50. The van der Waals surface area contributed by atoms with Gasteiger partial charge >= 0.3 is 0 Å². The van der Waals surface area contributed by atoms with E-state index >= 15 is 0 Å². The maximum atomic E-state index is 12.3. The lowest BCUT2D eigenvalue weighted by Gasteiger charge is -2.16. The molecule has 0 saturated carbocycles. The van der Waals surface area contributed by atoms with Gasteiger partial charge in [0.15, 0.2) is 0 Å². The zero-order valence-electron chi connectivity index (χ0n) is 11.8. The number of phenolic OH excluding ortho intramolecular Hbond substituents is 1. The van der Waals surface area contributed by atoms with Gasteiger partial charge in [0, 0.05) is 5.02 Å². The Bertz CT molecular complexity index is 658. The quantitative estimate of drug-likeness (QED) is 0.908. The summed E-state index contributed by atoms with van der Waals surface area (Å²) in [4.78, 5) is 12.3. The Labute approximate surface area is 128 Å². The molecule has 0 aliphatic heterocycles. The van der Waals surface area contributed by atoms with Crippen molar-refractivity contribution in [1.82, 2.24) is 5.32 Å². The number of aromatic hydroxyl groups is 1. The van der Waals surface area contributed by atoms with Crippen LogP contribution >= 0.6 is 11.6 Å². The number of phenols is 1. The molecule has 21 heavy (non-hydrogen) atoms. The summed E-state index contributed by atoms with van der Waals surface area (Å²) >= 11 is 6.11. The van der Waals surface area contributed by atoms with Crippen molar-refractivity contribution in [1.29, 1.82) is 0 Å². The van der Waals surface area contributed by atoms with Crippen LogP contribution in [0.1, 0.15) is 28.9 Å². The van der Waals surface area contributed by atoms with E-state index in [4.69, 9.17) is 16.3 Å². The third-order valence-electron chi connectivity index (χ3n) is 3.17. The van der Waals surface area contributed by atoms with E-state index in [-0.39, 0.29) is 23.3 Å². The zero-order chi connectivity index (χ0) is 15.4. The molecule has 2 rings (SSSR count). The summed E-state index contributed by atoms with van der Waals surface area (Å²) in [5.74, 6) is 0.0156. The second-order valence-electron chi connectivity index (χ2n) is 4.60. The van der Waals surface area contributed by atoms with Crippen LogP contribution in [-0.4, -0.2) is 18.1 Å². The Kier molecular flexibility index (Phi) is 4.70. The van der Waals surface area contributed by atoms with Crippen LogP contribution in [0.15, 0.2) is 42.5 Å². The highest BCUT2D eigenvalue weighted by molar-refractivity contribution is 6.31. The molecule has 0 heterocycles. The van der Waals surface area contributed by atoms with E-state index in [2.05, 4.69) is 5.32 Å². The number of carbonyl (C=O) groups excluding carboxylic acids is 1. The molecule has 4 nitrogen and oxygen atoms in total. The van der Waals surface area contributed by atoms with Crippen molar-refractivity contribution in [2.45, 2.75) is 13.0 Å². The molecule has 2 N–H and O–H groups in total. The predicted molar refractivity (Wildman–Crippen MR) is 82.0 cm³/mol. The van der Waals surface area contributed by atoms with Gasteiger partial charge < -0.3 is 15.2 Å². The topological polar surface area (TPSA) is 58.6 Å². The summed E-state index contributed by atoms with van der Waals surface area (Å²) in [5, 5.41) is 13.2. The Morgan fingerprint density at radius 3 is 2.67 bits per heavy atom. The monoisotopic (exact) mass is 305 g/mol. The van der Waals surface area contributed by atoms with Gasteiger partial charge in [0.2, 0.25) is 0 Å². The van der Waals surface area contributed by atoms with Crippen LogP contribution in [0.5, 0.6) is 11.5 Å². The lowest BCUT2D eigenvalue weighted by molar-refractivity contribution is 0.0937. The molecule has 0 radical (unpaired) electrons. The van der Waals surface area contributed by atoms with Crippen LogP contribution in [0.4, 0.5) is 0 Å². The van der Waals surface area contributed by atoms with Gasteiger partial charge in [0.05, 0.1) is 18.7 Å². The maximum Gasteiger partial charge on any atom is 0.255 e. The molecule has 110 valence electrons. The molecule has 1 unspecified atom stereocenters. The van der Waals surface area contributed by atoms with Gasteiger partial charge in [-0.25, -0.2) is 0 Å². The smallest absolute Gasteiger partial charge is 0.255 e. The summed E-state index contributed by atoms with van der Waals surface area (Å²) in [6, 6.07) is 11.5. The van der Waals surface area contributed by atoms with E-state index in [0.29, 0.717) is 10.8 Å². The fourth-order valence-corrected chi connectivity index (χ4v) is 2.30. The van der Waals surface area contributed by atoms with Gasteiger partial charge in [-0.2, -0.15) is 0 Å². The number of ether oxygens (including phenoxy) is 1. The molecular formula is C16H16ClNO3. The zero-order valence-corrected chi connectivity index (χ0v) is 12.5. The standard InChI is InChI=1S/C16H16ClNO3/c1-10(12-5-3-4-6-14(12)17)18-16(20)13-9-11(21-2)7-8-15(13)19/h3-10,19H,1-2H3,(H,18,20). The first kappa shape index (κ1) is 15.2. The SMILES string of the molecule is COc1ccc(O)c(C(=O)NC(C)c2ccccc2Cl)c1. The molecule has 0 spiro atoms. The fourth-order valence-electron chi connectivity index (χ4n) is 2.00. The van der Waals surface area contributed by atoms with Gasteiger partial charge in [0.1, 0.15) is 11.5 Å². The van der Waals surface area contributed by atoms with Gasteiger partial charge in [0.25, 0.3) is 5.91 Å². The molecule has 0 saturated heterocycles. The maximum absolute atomic E-state index is 12.3. The van der Waals surface area contributed by atoms with Gasteiger partial charge in [-0.05, 0) is 36.8 Å². The minimum Gasteiger partial charge on any atom is -0.507 e. The molecule has 5 heteroatoms. The van der Waals surface area contributed by atoms with Gasteiger partial charge in [-0.15, -0.1) is 0 Å². The molecule has 2 aromatic rings. The summed E-state index contributed by atoms with van der Waals surface area (Å²) in [6.07, 6.45) is 0. The Hall–Kier alpha value is -2.20. The predicted octanol–water partition coefficient (Wildman–Crippen LogP) is 3.55. The second kappa shape index (κ2) is 6.50. The molecule has 0 aliphatic carbocycles. The van der Waals surface area contributed by atoms with Crippen LogP contribution in [0, 0.1) is 0 Å². The lowest BCUT2D eigenvalue weighted by Crippen LogP contribution is -2.26. The molecule has 0 bridgehead atoms. The van der Waals surface area contributed by atoms with E-state index in [9.17, 15) is 9.90 Å². The molecular weight excluding hydrogens is 290 g/mol. The minimum absolute atomic E-state index is 0.0975. The molecule has 0 aromatic heterocycles. The third kappa shape index (κ3) is 3.47. The van der Waals surface area contributed by atoms with Crippen molar-refractivity contribution >= 4 is 17.5 Å². The van der Waals surface area contributed by atoms with Crippen molar-refractivity contribution in [3.8, 4) is 11.5 Å². The van der Waals surface area contributed by atoms with E-state index in [1.54, 1.807) is 12.1 Å². The Morgan fingerprint density at radius 2 is 2.00 bits per heavy atom. The number of carbonyl (C=O) groups is 1. The fraction of sp³-hybridized carbons (Fsp3) is 0.188. The van der Waals surface area contributed by atoms with E-state index < -0.39 is 0 Å².